The van der Waals surface area contributed by atoms with Crippen LogP contribution in [0.4, 0.5) is 22.0 Å². The molecule has 3 aromatic rings. The van der Waals surface area contributed by atoms with Gasteiger partial charge < -0.3 is 4.74 Å². The highest BCUT2D eigenvalue weighted by Gasteiger charge is 2.30. The lowest BCUT2D eigenvalue weighted by molar-refractivity contribution is -0.137. The van der Waals surface area contributed by atoms with Crippen molar-refractivity contribution < 1.29 is 26.7 Å². The first-order chi connectivity index (χ1) is 17.7. The normalized spacial score (nSPS) is 18.1. The molecule has 0 heterocycles. The fourth-order valence-electron chi connectivity index (χ4n) is 5.38. The number of hydrogen-bond acceptors (Lipinski definition) is 1. The third-order valence-electron chi connectivity index (χ3n) is 7.60. The molecule has 0 saturated heterocycles. The average molecular weight is 517 g/mol. The van der Waals surface area contributed by atoms with E-state index < -0.39 is 23.4 Å². The van der Waals surface area contributed by atoms with Gasteiger partial charge in [0, 0.05) is 5.56 Å². The summed E-state index contributed by atoms with van der Waals surface area (Å²) in [5.74, 6) is -0.932. The van der Waals surface area contributed by atoms with E-state index in [1.165, 1.54) is 44.1 Å². The van der Waals surface area contributed by atoms with Crippen LogP contribution in [-0.4, -0.2) is 0 Å². The molecule has 6 heteroatoms. The average Bonchev–Trinajstić information content (AvgIpc) is 2.89. The summed E-state index contributed by atoms with van der Waals surface area (Å²) in [5.41, 5.74) is 1.93. The summed E-state index contributed by atoms with van der Waals surface area (Å²) in [7, 11) is 0. The fourth-order valence-corrected chi connectivity index (χ4v) is 5.38. The molecule has 1 nitrogen and oxygen atoms in total. The molecular weight excluding hydrogens is 483 g/mol. The van der Waals surface area contributed by atoms with Gasteiger partial charge in [-0.1, -0.05) is 69.7 Å². The van der Waals surface area contributed by atoms with Gasteiger partial charge in [0.05, 0.1) is 5.56 Å². The van der Waals surface area contributed by atoms with Crippen molar-refractivity contribution in [2.45, 2.75) is 71.4 Å². The van der Waals surface area contributed by atoms with E-state index in [4.69, 9.17) is 4.74 Å². The highest BCUT2D eigenvalue weighted by atomic mass is 19.4. The van der Waals surface area contributed by atoms with Gasteiger partial charge >= 0.3 is 6.18 Å². The van der Waals surface area contributed by atoms with Crippen molar-refractivity contribution in [3.63, 3.8) is 0 Å². The Bertz CT molecular complexity index is 1170. The van der Waals surface area contributed by atoms with Crippen LogP contribution >= 0.6 is 0 Å². The highest BCUT2D eigenvalue weighted by molar-refractivity contribution is 5.70. The SMILES string of the molecule is CCC[C@H]1CC[C@H](CCc2ccc(-c3cc(F)c(F)c(Oc4ccc(C(F)(F)F)cc4)c3C)cc2)CC1. The minimum Gasteiger partial charge on any atom is -0.454 e. The van der Waals surface area contributed by atoms with Crippen LogP contribution in [0, 0.1) is 30.4 Å². The Hall–Kier alpha value is -2.89. The first-order valence-electron chi connectivity index (χ1n) is 13.1. The molecule has 0 radical (unpaired) electrons. The Morgan fingerprint density at radius 3 is 2.00 bits per heavy atom. The second-order valence-corrected chi connectivity index (χ2v) is 10.2. The maximum absolute atomic E-state index is 14.6. The van der Waals surface area contributed by atoms with Gasteiger partial charge in [-0.25, -0.2) is 4.39 Å². The van der Waals surface area contributed by atoms with E-state index in [0.29, 0.717) is 11.1 Å². The summed E-state index contributed by atoms with van der Waals surface area (Å²) in [6.07, 6.45) is 5.54. The molecule has 0 spiro atoms. The van der Waals surface area contributed by atoms with Crippen LogP contribution in [0.15, 0.2) is 54.6 Å². The van der Waals surface area contributed by atoms with Gasteiger partial charge in [0.2, 0.25) is 5.82 Å². The summed E-state index contributed by atoms with van der Waals surface area (Å²) >= 11 is 0. The van der Waals surface area contributed by atoms with Gasteiger partial charge in [-0.3, -0.25) is 0 Å². The Kier molecular flexibility index (Phi) is 8.56. The Balaban J connectivity index is 1.45. The molecule has 1 aliphatic carbocycles. The minimum atomic E-state index is -4.49. The van der Waals surface area contributed by atoms with Crippen LogP contribution < -0.4 is 4.74 Å². The second-order valence-electron chi connectivity index (χ2n) is 10.2. The van der Waals surface area contributed by atoms with E-state index in [9.17, 15) is 22.0 Å². The van der Waals surface area contributed by atoms with E-state index in [1.807, 2.05) is 24.3 Å². The largest absolute Gasteiger partial charge is 0.454 e. The van der Waals surface area contributed by atoms with Gasteiger partial charge in [0.1, 0.15) is 5.75 Å². The minimum absolute atomic E-state index is 0.00868. The van der Waals surface area contributed by atoms with Gasteiger partial charge in [-0.2, -0.15) is 17.6 Å². The molecule has 198 valence electrons. The van der Waals surface area contributed by atoms with E-state index in [1.54, 1.807) is 6.92 Å². The third-order valence-corrected chi connectivity index (χ3v) is 7.60. The molecule has 0 N–H and O–H groups in total. The molecule has 0 atom stereocenters. The molecule has 1 fully saturated rings. The third kappa shape index (κ3) is 6.71. The van der Waals surface area contributed by atoms with Gasteiger partial charge in [0.15, 0.2) is 11.6 Å². The summed E-state index contributed by atoms with van der Waals surface area (Å²) < 4.78 is 73.2. The van der Waals surface area contributed by atoms with E-state index in [0.717, 1.165) is 60.6 Å². The first-order valence-corrected chi connectivity index (χ1v) is 13.1. The molecule has 0 aliphatic heterocycles. The van der Waals surface area contributed by atoms with Crippen molar-refractivity contribution in [1.82, 2.24) is 0 Å². The molecule has 4 rings (SSSR count). The van der Waals surface area contributed by atoms with Crippen LogP contribution in [0.5, 0.6) is 11.5 Å². The van der Waals surface area contributed by atoms with Crippen molar-refractivity contribution in [3.05, 3.63) is 82.9 Å². The number of aryl methyl sites for hydroxylation is 1. The molecule has 1 aliphatic rings. The molecule has 0 bridgehead atoms. The Morgan fingerprint density at radius 1 is 0.838 bits per heavy atom. The zero-order valence-corrected chi connectivity index (χ0v) is 21.3. The summed E-state index contributed by atoms with van der Waals surface area (Å²) in [5, 5.41) is 0. The van der Waals surface area contributed by atoms with Crippen molar-refractivity contribution >= 4 is 0 Å². The van der Waals surface area contributed by atoms with Crippen LogP contribution in [-0.2, 0) is 12.6 Å². The zero-order chi connectivity index (χ0) is 26.6. The second kappa shape index (κ2) is 11.7. The number of hydrogen-bond donors (Lipinski definition) is 0. The van der Waals surface area contributed by atoms with E-state index >= 15 is 0 Å². The molecule has 3 aromatic carbocycles. The Morgan fingerprint density at radius 2 is 1.43 bits per heavy atom. The predicted octanol–water partition coefficient (Wildman–Crippen LogP) is 10.3. The Labute approximate surface area is 215 Å². The van der Waals surface area contributed by atoms with Gasteiger partial charge in [0.25, 0.3) is 0 Å². The summed E-state index contributed by atoms with van der Waals surface area (Å²) in [6, 6.07) is 12.9. The van der Waals surface area contributed by atoms with Crippen molar-refractivity contribution in [2.24, 2.45) is 11.8 Å². The maximum atomic E-state index is 14.6. The lowest BCUT2D eigenvalue weighted by Crippen LogP contribution is -2.15. The lowest BCUT2D eigenvalue weighted by atomic mass is 9.78. The number of benzene rings is 3. The van der Waals surface area contributed by atoms with Gasteiger partial charge in [-0.15, -0.1) is 0 Å². The monoisotopic (exact) mass is 516 g/mol. The number of halogens is 5. The van der Waals surface area contributed by atoms with Crippen molar-refractivity contribution in [1.29, 1.82) is 0 Å². The molecule has 37 heavy (non-hydrogen) atoms. The van der Waals surface area contributed by atoms with Crippen LogP contribution in [0.2, 0.25) is 0 Å². The van der Waals surface area contributed by atoms with E-state index in [-0.39, 0.29) is 11.5 Å². The predicted molar refractivity (Wildman–Crippen MR) is 137 cm³/mol. The molecule has 0 aromatic heterocycles. The summed E-state index contributed by atoms with van der Waals surface area (Å²) in [4.78, 5) is 0. The smallest absolute Gasteiger partial charge is 0.416 e. The number of ether oxygens (including phenoxy) is 1. The lowest BCUT2D eigenvalue weighted by Gasteiger charge is -2.28. The quantitative estimate of drug-likeness (QED) is 0.271. The maximum Gasteiger partial charge on any atom is 0.416 e. The summed E-state index contributed by atoms with van der Waals surface area (Å²) in [6.45, 7) is 3.87. The standard InChI is InChI=1S/C31H33F5O/c1-3-4-21-5-7-22(8-6-21)9-10-23-11-13-24(14-12-23)27-19-28(32)29(33)30(20(27)2)37-26-17-15-25(16-18-26)31(34,35)36/h11-19,21-22H,3-10H2,1-2H3/t21-,22-. The van der Waals surface area contributed by atoms with Crippen LogP contribution in [0.25, 0.3) is 11.1 Å². The zero-order valence-electron chi connectivity index (χ0n) is 21.3. The van der Waals surface area contributed by atoms with E-state index in [2.05, 4.69) is 6.92 Å². The van der Waals surface area contributed by atoms with Crippen molar-refractivity contribution in [3.8, 4) is 22.6 Å². The topological polar surface area (TPSA) is 9.23 Å². The van der Waals surface area contributed by atoms with Crippen LogP contribution in [0.1, 0.15) is 68.6 Å². The number of alkyl halides is 3. The fraction of sp³-hybridized carbons (Fsp3) is 0.419. The molecule has 1 saturated carbocycles. The highest BCUT2D eigenvalue weighted by Crippen LogP contribution is 2.38. The van der Waals surface area contributed by atoms with Crippen molar-refractivity contribution in [2.75, 3.05) is 0 Å². The molecule has 0 amide bonds. The van der Waals surface area contributed by atoms with Crippen LogP contribution in [0.3, 0.4) is 0 Å². The molecular formula is C31H33F5O. The number of rotatable bonds is 8. The first kappa shape index (κ1) is 27.2. The van der Waals surface area contributed by atoms with Gasteiger partial charge in [-0.05, 0) is 78.6 Å². The molecule has 0 unspecified atom stereocenters.